The lowest BCUT2D eigenvalue weighted by Gasteiger charge is -2.18. The van der Waals surface area contributed by atoms with Gasteiger partial charge in [-0.15, -0.1) is 7.92 Å². The Hall–Kier alpha value is 0.540. The number of hydrogen-bond donors (Lipinski definition) is 3. The standard InChI is InChI=1S/C24H51P.H3O4P/c1-4-7-10-13-16-19-22-25(23-20-17-14-11-8-5-2)24-21-18-15-12-9-6-3;1-5(2,3)4/h4-24H2,1-3H3;(H3,1,2,3,4). The Balaban J connectivity index is 0. The highest BCUT2D eigenvalue weighted by Crippen LogP contribution is 2.39. The van der Waals surface area contributed by atoms with E-state index in [-0.39, 0.29) is 0 Å². The van der Waals surface area contributed by atoms with E-state index in [9.17, 15) is 0 Å². The molecule has 3 N–H and O–H groups in total. The monoisotopic (exact) mass is 468 g/mol. The molecule has 0 atom stereocenters. The quantitative estimate of drug-likeness (QED) is 0.116. The summed E-state index contributed by atoms with van der Waals surface area (Å²) in [5.41, 5.74) is 0. The fraction of sp³-hybridized carbons (Fsp3) is 1.00. The van der Waals surface area contributed by atoms with Gasteiger partial charge < -0.3 is 14.7 Å². The lowest BCUT2D eigenvalue weighted by atomic mass is 10.1. The van der Waals surface area contributed by atoms with Crippen molar-refractivity contribution in [1.29, 1.82) is 0 Å². The van der Waals surface area contributed by atoms with Crippen molar-refractivity contribution in [2.24, 2.45) is 0 Å². The Morgan fingerprint density at radius 1 is 0.467 bits per heavy atom. The first-order chi connectivity index (χ1) is 14.3. The van der Waals surface area contributed by atoms with Gasteiger partial charge >= 0.3 is 7.82 Å². The molecule has 0 aliphatic carbocycles. The molecule has 0 fully saturated rings. The molecule has 184 valence electrons. The summed E-state index contributed by atoms with van der Waals surface area (Å²) >= 11 is 0. The molecule has 0 aliphatic rings. The first kappa shape index (κ1) is 32.7. The third kappa shape index (κ3) is 35.9. The SMILES string of the molecule is CCCCCCCCP(CCCCCCCC)CCCCCCCC.O=P(O)(O)O. The number of rotatable bonds is 21. The molecule has 0 spiro atoms. The minimum absolute atomic E-state index is 0.366. The highest BCUT2D eigenvalue weighted by Gasteiger charge is 2.08. The van der Waals surface area contributed by atoms with E-state index < -0.39 is 7.82 Å². The molecule has 0 rings (SSSR count). The summed E-state index contributed by atoms with van der Waals surface area (Å²) in [6.07, 6.45) is 31.2. The highest BCUT2D eigenvalue weighted by molar-refractivity contribution is 7.57. The van der Waals surface area contributed by atoms with Gasteiger partial charge in [0.05, 0.1) is 0 Å². The molecule has 0 aliphatic heterocycles. The van der Waals surface area contributed by atoms with Gasteiger partial charge in [-0.3, -0.25) is 0 Å². The summed E-state index contributed by atoms with van der Waals surface area (Å²) in [7, 11) is -4.27. The molecule has 0 aromatic rings. The van der Waals surface area contributed by atoms with E-state index in [0.29, 0.717) is 7.92 Å². The first-order valence-electron chi connectivity index (χ1n) is 12.9. The molecule has 0 unspecified atom stereocenters. The summed E-state index contributed by atoms with van der Waals surface area (Å²) in [5, 5.41) is 0. The van der Waals surface area contributed by atoms with Gasteiger partial charge in [0.2, 0.25) is 0 Å². The molecule has 0 saturated carbocycles. The Kier molecular flexibility index (Phi) is 28.1. The second-order valence-electron chi connectivity index (χ2n) is 8.66. The number of hydrogen-bond acceptors (Lipinski definition) is 1. The lowest BCUT2D eigenvalue weighted by Crippen LogP contribution is -1.97. The van der Waals surface area contributed by atoms with Crippen LogP contribution in [0.1, 0.15) is 136 Å². The maximum absolute atomic E-state index is 8.88. The molecule has 0 saturated heterocycles. The summed E-state index contributed by atoms with van der Waals surface area (Å²) in [6, 6.07) is 0. The van der Waals surface area contributed by atoms with Crippen LogP contribution in [0, 0.1) is 0 Å². The third-order valence-electron chi connectivity index (χ3n) is 5.48. The maximum atomic E-state index is 8.88. The highest BCUT2D eigenvalue weighted by atomic mass is 31.2. The van der Waals surface area contributed by atoms with Crippen LogP contribution in [0.5, 0.6) is 0 Å². The van der Waals surface area contributed by atoms with Crippen molar-refractivity contribution in [2.45, 2.75) is 136 Å². The van der Waals surface area contributed by atoms with E-state index in [1.54, 1.807) is 18.5 Å². The molecule has 4 nitrogen and oxygen atoms in total. The van der Waals surface area contributed by atoms with Crippen molar-refractivity contribution in [3.05, 3.63) is 0 Å². The normalized spacial score (nSPS) is 11.6. The van der Waals surface area contributed by atoms with Crippen molar-refractivity contribution >= 4 is 15.7 Å². The number of phosphoric acid groups is 1. The topological polar surface area (TPSA) is 77.8 Å². The predicted molar refractivity (Wildman–Crippen MR) is 136 cm³/mol. The summed E-state index contributed by atoms with van der Waals surface area (Å²) < 4.78 is 8.88. The van der Waals surface area contributed by atoms with E-state index in [4.69, 9.17) is 19.2 Å². The van der Waals surface area contributed by atoms with E-state index in [0.717, 1.165) is 0 Å². The van der Waals surface area contributed by atoms with Crippen molar-refractivity contribution in [3.8, 4) is 0 Å². The van der Waals surface area contributed by atoms with Crippen LogP contribution >= 0.6 is 15.7 Å². The van der Waals surface area contributed by atoms with Gasteiger partial charge in [-0.25, -0.2) is 4.57 Å². The van der Waals surface area contributed by atoms with E-state index >= 15 is 0 Å². The zero-order chi connectivity index (χ0) is 22.9. The Morgan fingerprint density at radius 3 is 0.900 bits per heavy atom. The van der Waals surface area contributed by atoms with Crippen LogP contribution in [-0.2, 0) is 4.57 Å². The van der Waals surface area contributed by atoms with E-state index in [1.165, 1.54) is 116 Å². The molecular formula is C24H54O4P2. The fourth-order valence-electron chi connectivity index (χ4n) is 3.68. The molecule has 30 heavy (non-hydrogen) atoms. The molecule has 0 heterocycles. The van der Waals surface area contributed by atoms with Crippen LogP contribution in [0.25, 0.3) is 0 Å². The van der Waals surface area contributed by atoms with Crippen LogP contribution in [0.3, 0.4) is 0 Å². The predicted octanol–water partition coefficient (Wildman–Crippen LogP) is 8.62. The van der Waals surface area contributed by atoms with E-state index in [1.807, 2.05) is 0 Å². The van der Waals surface area contributed by atoms with Crippen LogP contribution in [0.2, 0.25) is 0 Å². The first-order valence-corrected chi connectivity index (χ1v) is 16.3. The Morgan fingerprint density at radius 2 is 0.667 bits per heavy atom. The molecule has 0 aromatic carbocycles. The van der Waals surface area contributed by atoms with Gasteiger partial charge in [0.25, 0.3) is 0 Å². The summed E-state index contributed by atoms with van der Waals surface area (Å²) in [4.78, 5) is 21.6. The van der Waals surface area contributed by atoms with Crippen LogP contribution < -0.4 is 0 Å². The fourth-order valence-corrected chi connectivity index (χ4v) is 6.37. The largest absolute Gasteiger partial charge is 0.466 e. The second kappa shape index (κ2) is 25.8. The third-order valence-corrected chi connectivity index (χ3v) is 8.33. The van der Waals surface area contributed by atoms with Gasteiger partial charge in [0, 0.05) is 0 Å². The van der Waals surface area contributed by atoms with E-state index in [2.05, 4.69) is 20.8 Å². The van der Waals surface area contributed by atoms with Gasteiger partial charge in [0.15, 0.2) is 0 Å². The van der Waals surface area contributed by atoms with Crippen molar-refractivity contribution in [3.63, 3.8) is 0 Å². The van der Waals surface area contributed by atoms with Gasteiger partial charge in [0.1, 0.15) is 0 Å². The molecule has 0 radical (unpaired) electrons. The van der Waals surface area contributed by atoms with Crippen LogP contribution in [-0.4, -0.2) is 33.2 Å². The summed E-state index contributed by atoms with van der Waals surface area (Å²) in [6.45, 7) is 6.96. The molecular weight excluding hydrogens is 414 g/mol. The zero-order valence-corrected chi connectivity index (χ0v) is 22.3. The van der Waals surface area contributed by atoms with Crippen LogP contribution in [0.15, 0.2) is 0 Å². The van der Waals surface area contributed by atoms with Gasteiger partial charge in [-0.05, 0) is 37.7 Å². The molecule has 0 amide bonds. The molecule has 6 heteroatoms. The minimum atomic E-state index is -4.64. The van der Waals surface area contributed by atoms with Crippen LogP contribution in [0.4, 0.5) is 0 Å². The average molecular weight is 469 g/mol. The molecule has 0 aromatic heterocycles. The molecule has 0 bridgehead atoms. The average Bonchev–Trinajstić information content (AvgIpc) is 2.68. The van der Waals surface area contributed by atoms with Crippen molar-refractivity contribution in [2.75, 3.05) is 18.5 Å². The Labute approximate surface area is 190 Å². The Bertz CT molecular complexity index is 315. The lowest BCUT2D eigenvalue weighted by molar-refractivity contribution is 0.275. The minimum Gasteiger partial charge on any atom is -0.303 e. The maximum Gasteiger partial charge on any atom is 0.466 e. The van der Waals surface area contributed by atoms with Gasteiger partial charge in [-0.2, -0.15) is 0 Å². The van der Waals surface area contributed by atoms with Crippen molar-refractivity contribution in [1.82, 2.24) is 0 Å². The second-order valence-corrected chi connectivity index (χ2v) is 12.4. The zero-order valence-electron chi connectivity index (χ0n) is 20.5. The van der Waals surface area contributed by atoms with Crippen molar-refractivity contribution < 1.29 is 19.2 Å². The van der Waals surface area contributed by atoms with Gasteiger partial charge in [-0.1, -0.05) is 117 Å². The summed E-state index contributed by atoms with van der Waals surface area (Å²) in [5.74, 6) is 0. The number of unbranched alkanes of at least 4 members (excludes halogenated alkanes) is 15. The smallest absolute Gasteiger partial charge is 0.303 e.